The summed E-state index contributed by atoms with van der Waals surface area (Å²) >= 11 is 1.94. The number of nitrogens with one attached hydrogen (secondary N) is 1. The number of hydrogen-bond acceptors (Lipinski definition) is 3. The molecule has 0 saturated heterocycles. The zero-order valence-corrected chi connectivity index (χ0v) is 12.2. The summed E-state index contributed by atoms with van der Waals surface area (Å²) in [6.45, 7) is 2.29. The van der Waals surface area contributed by atoms with Crippen LogP contribution in [0.5, 0.6) is 5.75 Å². The van der Waals surface area contributed by atoms with Crippen LogP contribution in [0.15, 0.2) is 24.3 Å². The predicted molar refractivity (Wildman–Crippen MR) is 77.0 cm³/mol. The minimum Gasteiger partial charge on any atom is -0.435 e. The number of thioether (sulfide) groups is 1. The molecule has 0 bridgehead atoms. The molecular weight excluding hydrogens is 268 g/mol. The van der Waals surface area contributed by atoms with Gasteiger partial charge in [0.2, 0.25) is 0 Å². The molecule has 1 N–H and O–H groups in total. The molecule has 0 saturated carbocycles. The number of ether oxygens (including phenoxy) is 1. The molecule has 0 heterocycles. The third-order valence-corrected chi connectivity index (χ3v) is 3.64. The van der Waals surface area contributed by atoms with Crippen LogP contribution in [-0.2, 0) is 6.54 Å². The average Bonchev–Trinajstić information content (AvgIpc) is 2.37. The van der Waals surface area contributed by atoms with Gasteiger partial charge in [0.15, 0.2) is 0 Å². The molecule has 1 rings (SSSR count). The van der Waals surface area contributed by atoms with Gasteiger partial charge < -0.3 is 10.1 Å². The van der Waals surface area contributed by atoms with E-state index in [0.29, 0.717) is 6.04 Å². The Morgan fingerprint density at radius 2 is 1.95 bits per heavy atom. The van der Waals surface area contributed by atoms with E-state index in [9.17, 15) is 8.78 Å². The SMILES string of the molecule is CCSCCC(C)NCc1ccc(OC(F)F)cc1. The van der Waals surface area contributed by atoms with E-state index in [0.717, 1.165) is 30.0 Å². The first-order valence-corrected chi connectivity index (χ1v) is 7.62. The number of halogens is 2. The quantitative estimate of drug-likeness (QED) is 0.696. The molecule has 0 radical (unpaired) electrons. The van der Waals surface area contributed by atoms with Crippen LogP contribution >= 0.6 is 11.8 Å². The normalized spacial score (nSPS) is 12.7. The summed E-state index contributed by atoms with van der Waals surface area (Å²) in [5.41, 5.74) is 1.07. The van der Waals surface area contributed by atoms with Gasteiger partial charge in [0.25, 0.3) is 0 Å². The smallest absolute Gasteiger partial charge is 0.387 e. The van der Waals surface area contributed by atoms with Crippen molar-refractivity contribution < 1.29 is 13.5 Å². The molecular formula is C14H21F2NOS. The second-order valence-corrected chi connectivity index (χ2v) is 5.68. The van der Waals surface area contributed by atoms with Crippen LogP contribution in [0.4, 0.5) is 8.78 Å². The van der Waals surface area contributed by atoms with E-state index in [1.807, 2.05) is 11.8 Å². The second kappa shape index (κ2) is 9.15. The van der Waals surface area contributed by atoms with Gasteiger partial charge in [-0.1, -0.05) is 19.1 Å². The fourth-order valence-corrected chi connectivity index (χ4v) is 2.40. The van der Waals surface area contributed by atoms with Gasteiger partial charge >= 0.3 is 6.61 Å². The van der Waals surface area contributed by atoms with Gasteiger partial charge in [-0.25, -0.2) is 0 Å². The molecule has 0 aliphatic heterocycles. The highest BCUT2D eigenvalue weighted by atomic mass is 32.2. The van der Waals surface area contributed by atoms with Crippen LogP contribution in [0.25, 0.3) is 0 Å². The lowest BCUT2D eigenvalue weighted by Crippen LogP contribution is -2.26. The van der Waals surface area contributed by atoms with Crippen molar-refractivity contribution in [2.45, 2.75) is 39.5 Å². The minimum atomic E-state index is -2.76. The Kier molecular flexibility index (Phi) is 7.82. The summed E-state index contributed by atoms with van der Waals surface area (Å²) in [5, 5.41) is 3.42. The topological polar surface area (TPSA) is 21.3 Å². The Bertz CT molecular complexity index is 346. The van der Waals surface area contributed by atoms with Gasteiger partial charge in [0.05, 0.1) is 0 Å². The number of hydrogen-bond donors (Lipinski definition) is 1. The number of rotatable bonds is 9. The Labute approximate surface area is 117 Å². The maximum atomic E-state index is 12.0. The zero-order chi connectivity index (χ0) is 14.1. The van der Waals surface area contributed by atoms with Gasteiger partial charge in [0.1, 0.15) is 5.75 Å². The largest absolute Gasteiger partial charge is 0.435 e. The first-order valence-electron chi connectivity index (χ1n) is 6.46. The number of benzene rings is 1. The Morgan fingerprint density at radius 3 is 2.53 bits per heavy atom. The maximum absolute atomic E-state index is 12.0. The van der Waals surface area contributed by atoms with Crippen molar-refractivity contribution in [1.29, 1.82) is 0 Å². The molecule has 1 aromatic carbocycles. The maximum Gasteiger partial charge on any atom is 0.387 e. The summed E-state index contributed by atoms with van der Waals surface area (Å²) in [4.78, 5) is 0. The molecule has 108 valence electrons. The van der Waals surface area contributed by atoms with E-state index < -0.39 is 6.61 Å². The summed E-state index contributed by atoms with van der Waals surface area (Å²) in [5.74, 6) is 2.51. The second-order valence-electron chi connectivity index (χ2n) is 4.29. The standard InChI is InChI=1S/C14H21F2NOS/c1-3-19-9-8-11(2)17-10-12-4-6-13(7-5-12)18-14(15)16/h4-7,11,14,17H,3,8-10H2,1-2H3. The molecule has 0 aromatic heterocycles. The molecule has 19 heavy (non-hydrogen) atoms. The molecule has 2 nitrogen and oxygen atoms in total. The van der Waals surface area contributed by atoms with Crippen molar-refractivity contribution in [1.82, 2.24) is 5.32 Å². The van der Waals surface area contributed by atoms with Crippen LogP contribution in [0.2, 0.25) is 0 Å². The molecule has 0 spiro atoms. The zero-order valence-electron chi connectivity index (χ0n) is 11.4. The van der Waals surface area contributed by atoms with E-state index in [1.165, 1.54) is 0 Å². The van der Waals surface area contributed by atoms with E-state index in [-0.39, 0.29) is 5.75 Å². The van der Waals surface area contributed by atoms with Gasteiger partial charge in [-0.15, -0.1) is 0 Å². The monoisotopic (exact) mass is 289 g/mol. The fourth-order valence-electron chi connectivity index (χ4n) is 1.59. The van der Waals surface area contributed by atoms with Crippen LogP contribution < -0.4 is 10.1 Å². The van der Waals surface area contributed by atoms with Crippen molar-refractivity contribution in [3.05, 3.63) is 29.8 Å². The van der Waals surface area contributed by atoms with E-state index in [4.69, 9.17) is 0 Å². The van der Waals surface area contributed by atoms with Crippen molar-refractivity contribution in [2.24, 2.45) is 0 Å². The minimum absolute atomic E-state index is 0.200. The molecule has 1 aromatic rings. The molecule has 0 amide bonds. The lowest BCUT2D eigenvalue weighted by Gasteiger charge is -2.13. The highest BCUT2D eigenvalue weighted by molar-refractivity contribution is 7.99. The molecule has 0 aliphatic rings. The Morgan fingerprint density at radius 1 is 1.26 bits per heavy atom. The van der Waals surface area contributed by atoms with E-state index >= 15 is 0 Å². The van der Waals surface area contributed by atoms with Crippen molar-refractivity contribution in [3.63, 3.8) is 0 Å². The van der Waals surface area contributed by atoms with Gasteiger partial charge in [-0.2, -0.15) is 20.5 Å². The van der Waals surface area contributed by atoms with Crippen molar-refractivity contribution in [3.8, 4) is 5.75 Å². The highest BCUT2D eigenvalue weighted by Crippen LogP contribution is 2.15. The van der Waals surface area contributed by atoms with Crippen LogP contribution in [0.1, 0.15) is 25.8 Å². The fraction of sp³-hybridized carbons (Fsp3) is 0.571. The lowest BCUT2D eigenvalue weighted by atomic mass is 10.2. The summed E-state index contributed by atoms with van der Waals surface area (Å²) in [6.07, 6.45) is 1.13. The molecule has 0 aliphatic carbocycles. The molecule has 1 atom stereocenters. The van der Waals surface area contributed by atoms with Crippen LogP contribution in [0.3, 0.4) is 0 Å². The summed E-state index contributed by atoms with van der Waals surface area (Å²) in [6, 6.07) is 7.20. The molecule has 5 heteroatoms. The first kappa shape index (κ1) is 16.2. The van der Waals surface area contributed by atoms with E-state index in [1.54, 1.807) is 24.3 Å². The first-order chi connectivity index (χ1) is 9.11. The third-order valence-electron chi connectivity index (χ3n) is 2.70. The molecule has 0 fully saturated rings. The van der Waals surface area contributed by atoms with Crippen LogP contribution in [0, 0.1) is 0 Å². The van der Waals surface area contributed by atoms with E-state index in [2.05, 4.69) is 23.9 Å². The molecule has 1 unspecified atom stereocenters. The van der Waals surface area contributed by atoms with Crippen molar-refractivity contribution in [2.75, 3.05) is 11.5 Å². The highest BCUT2D eigenvalue weighted by Gasteiger charge is 2.04. The van der Waals surface area contributed by atoms with Gasteiger partial charge in [0, 0.05) is 12.6 Å². The number of alkyl halides is 2. The van der Waals surface area contributed by atoms with Crippen LogP contribution in [-0.4, -0.2) is 24.2 Å². The summed E-state index contributed by atoms with van der Waals surface area (Å²) in [7, 11) is 0. The summed E-state index contributed by atoms with van der Waals surface area (Å²) < 4.78 is 28.3. The van der Waals surface area contributed by atoms with Gasteiger partial charge in [-0.3, -0.25) is 0 Å². The average molecular weight is 289 g/mol. The van der Waals surface area contributed by atoms with Crippen molar-refractivity contribution >= 4 is 11.8 Å². The third kappa shape index (κ3) is 7.38. The van der Waals surface area contributed by atoms with Gasteiger partial charge in [-0.05, 0) is 42.5 Å². The Balaban J connectivity index is 2.29. The Hall–Kier alpha value is -0.810. The predicted octanol–water partition coefficient (Wildman–Crippen LogP) is 3.91. The lowest BCUT2D eigenvalue weighted by molar-refractivity contribution is -0.0498.